The molecule has 3 aromatic rings. The topological polar surface area (TPSA) is 93.7 Å². The minimum Gasteiger partial charge on any atom is -0.497 e. The molecular weight excluding hydrogens is 416 g/mol. The first kappa shape index (κ1) is 22.3. The van der Waals surface area contributed by atoms with Crippen molar-refractivity contribution < 1.29 is 22.7 Å². The fourth-order valence-electron chi connectivity index (χ4n) is 2.77. The SMILES string of the molecule is COc1ccc(S(=O)(=O)NCCNC(=O)c2cccc(OCc3ccccc3)c2)cc1. The molecule has 0 radical (unpaired) electrons. The normalized spacial score (nSPS) is 11.0. The Morgan fingerprint density at radius 2 is 1.61 bits per heavy atom. The van der Waals surface area contributed by atoms with Crippen molar-refractivity contribution in [1.29, 1.82) is 0 Å². The van der Waals surface area contributed by atoms with E-state index in [0.29, 0.717) is 23.7 Å². The fourth-order valence-corrected chi connectivity index (χ4v) is 3.80. The Hall–Kier alpha value is -3.36. The zero-order chi connectivity index (χ0) is 22.1. The van der Waals surface area contributed by atoms with Crippen molar-refractivity contribution >= 4 is 15.9 Å². The quantitative estimate of drug-likeness (QED) is 0.473. The predicted molar refractivity (Wildman–Crippen MR) is 118 cm³/mol. The van der Waals surface area contributed by atoms with Gasteiger partial charge in [-0.25, -0.2) is 13.1 Å². The summed E-state index contributed by atoms with van der Waals surface area (Å²) in [5.41, 5.74) is 1.46. The maximum Gasteiger partial charge on any atom is 0.251 e. The third kappa shape index (κ3) is 6.56. The Bertz CT molecular complexity index is 1100. The van der Waals surface area contributed by atoms with Gasteiger partial charge >= 0.3 is 0 Å². The second-order valence-corrected chi connectivity index (χ2v) is 8.40. The highest BCUT2D eigenvalue weighted by atomic mass is 32.2. The van der Waals surface area contributed by atoms with E-state index in [-0.39, 0.29) is 23.9 Å². The highest BCUT2D eigenvalue weighted by Crippen LogP contribution is 2.16. The lowest BCUT2D eigenvalue weighted by atomic mass is 10.2. The van der Waals surface area contributed by atoms with Crippen LogP contribution in [0.3, 0.4) is 0 Å². The molecule has 2 N–H and O–H groups in total. The number of carbonyl (C=O) groups excluding carboxylic acids is 1. The largest absolute Gasteiger partial charge is 0.497 e. The van der Waals surface area contributed by atoms with Crippen LogP contribution in [0.1, 0.15) is 15.9 Å². The van der Waals surface area contributed by atoms with Gasteiger partial charge in [0.25, 0.3) is 5.91 Å². The lowest BCUT2D eigenvalue weighted by molar-refractivity contribution is 0.0954. The molecule has 0 unspecified atom stereocenters. The summed E-state index contributed by atoms with van der Waals surface area (Å²) in [5.74, 6) is 0.840. The zero-order valence-corrected chi connectivity index (χ0v) is 17.9. The maximum atomic E-state index is 12.4. The van der Waals surface area contributed by atoms with Gasteiger partial charge in [-0.15, -0.1) is 0 Å². The summed E-state index contributed by atoms with van der Waals surface area (Å²) >= 11 is 0. The third-order valence-corrected chi connectivity index (χ3v) is 5.89. The van der Waals surface area contributed by atoms with Crippen LogP contribution in [0.2, 0.25) is 0 Å². The first-order chi connectivity index (χ1) is 15.0. The van der Waals surface area contributed by atoms with Crippen LogP contribution in [-0.4, -0.2) is 34.5 Å². The molecule has 0 aromatic heterocycles. The molecule has 0 saturated carbocycles. The van der Waals surface area contributed by atoms with Crippen molar-refractivity contribution in [2.24, 2.45) is 0 Å². The minimum atomic E-state index is -3.67. The summed E-state index contributed by atoms with van der Waals surface area (Å²) in [6, 6.07) is 22.6. The van der Waals surface area contributed by atoms with Gasteiger partial charge in [0.2, 0.25) is 10.0 Å². The van der Waals surface area contributed by atoms with Crippen LogP contribution >= 0.6 is 0 Å². The summed E-state index contributed by atoms with van der Waals surface area (Å²) in [7, 11) is -2.16. The van der Waals surface area contributed by atoms with Crippen molar-refractivity contribution in [3.05, 3.63) is 90.0 Å². The molecule has 0 spiro atoms. The lowest BCUT2D eigenvalue weighted by Gasteiger charge is -2.10. The van der Waals surface area contributed by atoms with Gasteiger partial charge in [0.1, 0.15) is 18.1 Å². The number of benzene rings is 3. The Morgan fingerprint density at radius 3 is 2.32 bits per heavy atom. The van der Waals surface area contributed by atoms with E-state index in [1.165, 1.54) is 19.2 Å². The summed E-state index contributed by atoms with van der Waals surface area (Å²) in [4.78, 5) is 12.5. The minimum absolute atomic E-state index is 0.0598. The second kappa shape index (κ2) is 10.6. The predicted octanol–water partition coefficient (Wildman–Crippen LogP) is 2.98. The Morgan fingerprint density at radius 1 is 0.871 bits per heavy atom. The second-order valence-electron chi connectivity index (χ2n) is 6.63. The fraction of sp³-hybridized carbons (Fsp3) is 0.174. The first-order valence-electron chi connectivity index (χ1n) is 9.66. The zero-order valence-electron chi connectivity index (χ0n) is 17.1. The van der Waals surface area contributed by atoms with Crippen molar-refractivity contribution in [2.45, 2.75) is 11.5 Å². The Labute approximate surface area is 182 Å². The van der Waals surface area contributed by atoms with Crippen LogP contribution < -0.4 is 19.5 Å². The third-order valence-electron chi connectivity index (χ3n) is 4.42. The molecule has 0 fully saturated rings. The molecule has 0 atom stereocenters. The molecule has 3 aromatic carbocycles. The number of sulfonamides is 1. The van der Waals surface area contributed by atoms with Gasteiger partial charge in [-0.1, -0.05) is 36.4 Å². The van der Waals surface area contributed by atoms with Gasteiger partial charge in [0, 0.05) is 18.7 Å². The molecule has 0 bridgehead atoms. The molecule has 162 valence electrons. The number of carbonyl (C=O) groups is 1. The van der Waals surface area contributed by atoms with Crippen LogP contribution in [0.15, 0.2) is 83.8 Å². The van der Waals surface area contributed by atoms with E-state index in [9.17, 15) is 13.2 Å². The van der Waals surface area contributed by atoms with Crippen LogP contribution in [0.4, 0.5) is 0 Å². The van der Waals surface area contributed by atoms with Crippen LogP contribution in [0.25, 0.3) is 0 Å². The average Bonchev–Trinajstić information content (AvgIpc) is 2.81. The van der Waals surface area contributed by atoms with E-state index >= 15 is 0 Å². The Balaban J connectivity index is 1.48. The van der Waals surface area contributed by atoms with Gasteiger partial charge < -0.3 is 14.8 Å². The van der Waals surface area contributed by atoms with Gasteiger partial charge in [0.05, 0.1) is 12.0 Å². The average molecular weight is 441 g/mol. The van der Waals surface area contributed by atoms with Crippen LogP contribution in [-0.2, 0) is 16.6 Å². The van der Waals surface area contributed by atoms with E-state index < -0.39 is 10.0 Å². The Kier molecular flexibility index (Phi) is 7.64. The molecule has 0 aliphatic rings. The number of hydrogen-bond donors (Lipinski definition) is 2. The van der Waals surface area contributed by atoms with Gasteiger partial charge in [-0.3, -0.25) is 4.79 Å². The van der Waals surface area contributed by atoms with E-state index in [4.69, 9.17) is 9.47 Å². The summed E-state index contributed by atoms with van der Waals surface area (Å²) in [6.45, 7) is 0.604. The molecular formula is C23H24N2O5S. The molecule has 0 aliphatic heterocycles. The van der Waals surface area contributed by atoms with Crippen LogP contribution in [0, 0.1) is 0 Å². The van der Waals surface area contributed by atoms with Crippen molar-refractivity contribution in [1.82, 2.24) is 10.0 Å². The van der Waals surface area contributed by atoms with Crippen molar-refractivity contribution in [3.63, 3.8) is 0 Å². The van der Waals surface area contributed by atoms with Gasteiger partial charge in [0.15, 0.2) is 0 Å². The first-order valence-corrected chi connectivity index (χ1v) is 11.1. The van der Waals surface area contributed by atoms with Gasteiger partial charge in [-0.05, 0) is 48.0 Å². The number of rotatable bonds is 10. The smallest absolute Gasteiger partial charge is 0.251 e. The number of methoxy groups -OCH3 is 1. The maximum absolute atomic E-state index is 12.4. The number of amides is 1. The number of hydrogen-bond acceptors (Lipinski definition) is 5. The van der Waals surface area contributed by atoms with Crippen molar-refractivity contribution in [2.75, 3.05) is 20.2 Å². The molecule has 0 aliphatic carbocycles. The van der Waals surface area contributed by atoms with Crippen molar-refractivity contribution in [3.8, 4) is 11.5 Å². The van der Waals surface area contributed by atoms with Gasteiger partial charge in [-0.2, -0.15) is 0 Å². The summed E-state index contributed by atoms with van der Waals surface area (Å²) in [6.07, 6.45) is 0. The van der Waals surface area contributed by atoms with E-state index in [1.54, 1.807) is 36.4 Å². The lowest BCUT2D eigenvalue weighted by Crippen LogP contribution is -2.34. The molecule has 1 amide bonds. The van der Waals surface area contributed by atoms with E-state index in [0.717, 1.165) is 5.56 Å². The number of ether oxygens (including phenoxy) is 2. The summed E-state index contributed by atoms with van der Waals surface area (Å²) < 4.78 is 37.8. The molecule has 7 nitrogen and oxygen atoms in total. The molecule has 3 rings (SSSR count). The molecule has 8 heteroatoms. The summed E-state index contributed by atoms with van der Waals surface area (Å²) in [5, 5.41) is 2.70. The standard InChI is InChI=1S/C23H24N2O5S/c1-29-20-10-12-22(13-11-20)31(27,28)25-15-14-24-23(26)19-8-5-9-21(16-19)30-17-18-6-3-2-4-7-18/h2-13,16,25H,14-15,17H2,1H3,(H,24,26). The molecule has 0 heterocycles. The monoisotopic (exact) mass is 440 g/mol. The van der Waals surface area contributed by atoms with Crippen LogP contribution in [0.5, 0.6) is 11.5 Å². The van der Waals surface area contributed by atoms with E-state index in [2.05, 4.69) is 10.0 Å². The molecule has 0 saturated heterocycles. The highest BCUT2D eigenvalue weighted by molar-refractivity contribution is 7.89. The number of nitrogens with one attached hydrogen (secondary N) is 2. The highest BCUT2D eigenvalue weighted by Gasteiger charge is 2.14. The van der Waals surface area contributed by atoms with E-state index in [1.807, 2.05) is 30.3 Å². The molecule has 31 heavy (non-hydrogen) atoms.